The number of ether oxygens (including phenoxy) is 1. The van der Waals surface area contributed by atoms with Gasteiger partial charge in [0.1, 0.15) is 11.5 Å². The van der Waals surface area contributed by atoms with Crippen LogP contribution < -0.4 is 0 Å². The minimum absolute atomic E-state index is 0.0795. The maximum Gasteiger partial charge on any atom is 0.340 e. The minimum Gasteiger partial charge on any atom is -0.508 e. The number of carbonyl (C=O) groups is 1. The summed E-state index contributed by atoms with van der Waals surface area (Å²) in [7, 11) is 0. The predicted octanol–water partition coefficient (Wildman–Crippen LogP) is 7.32. The molecule has 34 heavy (non-hydrogen) atoms. The number of carbonyl (C=O) groups excluding carboxylic acids is 1. The van der Waals surface area contributed by atoms with Crippen molar-refractivity contribution >= 4 is 21.9 Å². The molecule has 4 rings (SSSR count). The standard InChI is InChI=1S/C29H31BrO4/c1-15(2)20-12-24(17(5)9-26(20)31)29(25-13-21(16(3)4)27(32)10-18(25)6)23-8-7-19(14-30)11-22(23)28(33)34-29/h7-13,15-16,31-32H,14H2,1-6H3. The van der Waals surface area contributed by atoms with Crippen molar-refractivity contribution in [3.63, 3.8) is 0 Å². The summed E-state index contributed by atoms with van der Waals surface area (Å²) in [5, 5.41) is 22.0. The fourth-order valence-electron chi connectivity index (χ4n) is 5.05. The van der Waals surface area contributed by atoms with E-state index in [2.05, 4.69) is 15.9 Å². The first-order valence-corrected chi connectivity index (χ1v) is 12.7. The molecule has 0 saturated heterocycles. The molecule has 3 aromatic rings. The monoisotopic (exact) mass is 522 g/mol. The number of phenolic OH excluding ortho intramolecular Hbond substituents is 2. The first-order valence-electron chi connectivity index (χ1n) is 11.6. The molecular formula is C29H31BrO4. The van der Waals surface area contributed by atoms with Crippen molar-refractivity contribution in [3.8, 4) is 11.5 Å². The Morgan fingerprint density at radius 1 is 0.824 bits per heavy atom. The lowest BCUT2D eigenvalue weighted by molar-refractivity contribution is 0.0247. The van der Waals surface area contributed by atoms with E-state index in [1.54, 1.807) is 12.1 Å². The van der Waals surface area contributed by atoms with Crippen molar-refractivity contribution in [1.82, 2.24) is 0 Å². The minimum atomic E-state index is -1.19. The number of fused-ring (bicyclic) bond motifs is 1. The van der Waals surface area contributed by atoms with Gasteiger partial charge in [-0.3, -0.25) is 0 Å². The summed E-state index contributed by atoms with van der Waals surface area (Å²) in [4.78, 5) is 13.4. The highest BCUT2D eigenvalue weighted by atomic mass is 79.9. The number of hydrogen-bond acceptors (Lipinski definition) is 4. The highest BCUT2D eigenvalue weighted by Crippen LogP contribution is 2.51. The molecule has 178 valence electrons. The van der Waals surface area contributed by atoms with Crippen LogP contribution >= 0.6 is 15.9 Å². The third-order valence-electron chi connectivity index (χ3n) is 6.83. The van der Waals surface area contributed by atoms with Crippen LogP contribution in [0, 0.1) is 13.8 Å². The molecule has 4 nitrogen and oxygen atoms in total. The molecule has 1 heterocycles. The molecule has 5 heteroatoms. The van der Waals surface area contributed by atoms with Gasteiger partial charge in [0, 0.05) is 22.0 Å². The number of phenols is 2. The maximum absolute atomic E-state index is 13.4. The van der Waals surface area contributed by atoms with Crippen molar-refractivity contribution in [2.24, 2.45) is 0 Å². The molecule has 1 aliphatic rings. The second-order valence-electron chi connectivity index (χ2n) is 9.85. The normalized spacial score (nSPS) is 14.6. The van der Waals surface area contributed by atoms with Crippen LogP contribution in [0.15, 0.2) is 42.5 Å². The summed E-state index contributed by atoms with van der Waals surface area (Å²) in [5.41, 5.74) is 5.97. The number of aryl methyl sites for hydroxylation is 2. The van der Waals surface area contributed by atoms with Gasteiger partial charge in [-0.15, -0.1) is 0 Å². The SMILES string of the molecule is Cc1cc(O)c(C(C)C)cc1C1(c2cc(C(C)C)c(O)cc2C)OC(=O)c2cc(CBr)ccc21. The van der Waals surface area contributed by atoms with E-state index in [9.17, 15) is 15.0 Å². The Kier molecular flexibility index (Phi) is 6.28. The van der Waals surface area contributed by atoms with Crippen molar-refractivity contribution in [2.45, 2.75) is 64.3 Å². The van der Waals surface area contributed by atoms with Gasteiger partial charge in [0.2, 0.25) is 0 Å². The number of benzene rings is 3. The van der Waals surface area contributed by atoms with Crippen LogP contribution in [-0.4, -0.2) is 16.2 Å². The lowest BCUT2D eigenvalue weighted by Gasteiger charge is -2.34. The fourth-order valence-corrected chi connectivity index (χ4v) is 5.40. The van der Waals surface area contributed by atoms with Gasteiger partial charge in [0.15, 0.2) is 5.60 Å². The Hall–Kier alpha value is -2.79. The van der Waals surface area contributed by atoms with E-state index in [-0.39, 0.29) is 29.3 Å². The molecule has 0 unspecified atom stereocenters. The quantitative estimate of drug-likeness (QED) is 0.272. The zero-order chi connectivity index (χ0) is 24.9. The molecule has 0 spiro atoms. The number of aromatic hydroxyl groups is 2. The fraction of sp³-hybridized carbons (Fsp3) is 0.345. The highest BCUT2D eigenvalue weighted by molar-refractivity contribution is 9.08. The lowest BCUT2D eigenvalue weighted by atomic mass is 9.74. The Morgan fingerprint density at radius 3 is 1.76 bits per heavy atom. The number of cyclic esters (lactones) is 1. The van der Waals surface area contributed by atoms with Crippen LogP contribution in [0.4, 0.5) is 0 Å². The third kappa shape index (κ3) is 3.70. The summed E-state index contributed by atoms with van der Waals surface area (Å²) in [6.07, 6.45) is 0. The topological polar surface area (TPSA) is 66.8 Å². The summed E-state index contributed by atoms with van der Waals surface area (Å²) in [6, 6.07) is 13.3. The average molecular weight is 523 g/mol. The number of halogens is 1. The Balaban J connectivity index is 2.16. The first-order chi connectivity index (χ1) is 16.0. The van der Waals surface area contributed by atoms with Crippen molar-refractivity contribution < 1.29 is 19.7 Å². The van der Waals surface area contributed by atoms with Crippen LogP contribution in [0.1, 0.15) is 94.4 Å². The summed E-state index contributed by atoms with van der Waals surface area (Å²) in [5.74, 6) is 0.244. The van der Waals surface area contributed by atoms with Crippen molar-refractivity contribution in [2.75, 3.05) is 0 Å². The molecule has 1 aliphatic heterocycles. The molecule has 0 radical (unpaired) electrons. The van der Waals surface area contributed by atoms with Gasteiger partial charge in [-0.05, 0) is 83.8 Å². The zero-order valence-electron chi connectivity index (χ0n) is 20.5. The summed E-state index contributed by atoms with van der Waals surface area (Å²) in [6.45, 7) is 12.0. The average Bonchev–Trinajstić information content (AvgIpc) is 3.05. The van der Waals surface area contributed by atoms with E-state index in [1.165, 1.54) is 0 Å². The van der Waals surface area contributed by atoms with Gasteiger partial charge in [0.25, 0.3) is 0 Å². The van der Waals surface area contributed by atoms with Gasteiger partial charge >= 0.3 is 5.97 Å². The van der Waals surface area contributed by atoms with Gasteiger partial charge in [-0.25, -0.2) is 4.79 Å². The molecule has 0 fully saturated rings. The largest absolute Gasteiger partial charge is 0.508 e. The highest BCUT2D eigenvalue weighted by Gasteiger charge is 2.50. The van der Waals surface area contributed by atoms with Crippen LogP contribution in [0.2, 0.25) is 0 Å². The van der Waals surface area contributed by atoms with E-state index in [1.807, 2.05) is 71.9 Å². The smallest absolute Gasteiger partial charge is 0.340 e. The van der Waals surface area contributed by atoms with Crippen molar-refractivity contribution in [3.05, 3.63) is 92.5 Å². The molecule has 3 aromatic carbocycles. The van der Waals surface area contributed by atoms with Crippen LogP contribution in [0.5, 0.6) is 11.5 Å². The van der Waals surface area contributed by atoms with Crippen LogP contribution in [0.25, 0.3) is 0 Å². The predicted molar refractivity (Wildman–Crippen MR) is 138 cm³/mol. The van der Waals surface area contributed by atoms with Gasteiger partial charge in [-0.2, -0.15) is 0 Å². The Morgan fingerprint density at radius 2 is 1.32 bits per heavy atom. The van der Waals surface area contributed by atoms with Crippen LogP contribution in [-0.2, 0) is 15.7 Å². The molecule has 0 bridgehead atoms. The molecule has 0 aromatic heterocycles. The number of alkyl halides is 1. The molecular weight excluding hydrogens is 492 g/mol. The second kappa shape index (κ2) is 8.77. The van der Waals surface area contributed by atoms with Crippen molar-refractivity contribution in [1.29, 1.82) is 0 Å². The van der Waals surface area contributed by atoms with E-state index in [0.717, 1.165) is 44.5 Å². The summed E-state index contributed by atoms with van der Waals surface area (Å²) >= 11 is 3.49. The van der Waals surface area contributed by atoms with Gasteiger partial charge in [0.05, 0.1) is 5.56 Å². The van der Waals surface area contributed by atoms with E-state index < -0.39 is 5.60 Å². The Bertz CT molecular complexity index is 1230. The molecule has 0 atom stereocenters. The molecule has 0 aliphatic carbocycles. The Labute approximate surface area is 209 Å². The number of esters is 1. The van der Waals surface area contributed by atoms with E-state index >= 15 is 0 Å². The third-order valence-corrected chi connectivity index (χ3v) is 7.48. The molecule has 0 saturated carbocycles. The lowest BCUT2D eigenvalue weighted by Crippen LogP contribution is -2.32. The molecule has 0 amide bonds. The first kappa shape index (κ1) is 24.3. The van der Waals surface area contributed by atoms with Crippen LogP contribution in [0.3, 0.4) is 0 Å². The zero-order valence-corrected chi connectivity index (χ0v) is 22.1. The second-order valence-corrected chi connectivity index (χ2v) is 10.4. The number of rotatable bonds is 5. The number of hydrogen-bond donors (Lipinski definition) is 2. The summed E-state index contributed by atoms with van der Waals surface area (Å²) < 4.78 is 6.38. The molecule has 2 N–H and O–H groups in total. The van der Waals surface area contributed by atoms with Gasteiger partial charge < -0.3 is 14.9 Å². The van der Waals surface area contributed by atoms with E-state index in [0.29, 0.717) is 10.9 Å². The van der Waals surface area contributed by atoms with Gasteiger partial charge in [-0.1, -0.05) is 55.8 Å². The van der Waals surface area contributed by atoms with E-state index in [4.69, 9.17) is 4.74 Å². The maximum atomic E-state index is 13.4.